The highest BCUT2D eigenvalue weighted by Crippen LogP contribution is 2.45. The molecule has 9 heteroatoms. The molecular formula is C29H30ClF3N2O3. The van der Waals surface area contributed by atoms with Gasteiger partial charge in [0.15, 0.2) is 0 Å². The number of ether oxygens (including phenoxy) is 1. The second kappa shape index (κ2) is 10.3. The number of halogens is 4. The van der Waals surface area contributed by atoms with Crippen LogP contribution in [-0.4, -0.2) is 40.6 Å². The smallest absolute Gasteiger partial charge is 0.406 e. The van der Waals surface area contributed by atoms with Crippen LogP contribution >= 0.6 is 11.6 Å². The van der Waals surface area contributed by atoms with Gasteiger partial charge in [-0.05, 0) is 79.8 Å². The van der Waals surface area contributed by atoms with Gasteiger partial charge in [0.05, 0.1) is 16.1 Å². The number of nitrogens with zero attached hydrogens (tertiary/aromatic N) is 2. The Morgan fingerprint density at radius 3 is 2.39 bits per heavy atom. The Morgan fingerprint density at radius 2 is 1.76 bits per heavy atom. The van der Waals surface area contributed by atoms with E-state index in [2.05, 4.69) is 4.74 Å². The Kier molecular flexibility index (Phi) is 7.20. The summed E-state index contributed by atoms with van der Waals surface area (Å²) < 4.78 is 44.1. The fourth-order valence-corrected chi connectivity index (χ4v) is 5.91. The van der Waals surface area contributed by atoms with E-state index in [0.29, 0.717) is 53.9 Å². The minimum Gasteiger partial charge on any atom is -0.406 e. The molecule has 1 saturated carbocycles. The average Bonchev–Trinajstić information content (AvgIpc) is 3.64. The van der Waals surface area contributed by atoms with Crippen molar-refractivity contribution in [2.24, 2.45) is 13.0 Å². The number of piperidine rings is 1. The second-order valence-electron chi connectivity index (χ2n) is 10.6. The number of benzene rings is 2. The minimum atomic E-state index is -4.76. The van der Waals surface area contributed by atoms with Crippen molar-refractivity contribution in [3.63, 3.8) is 0 Å². The third-order valence-corrected chi connectivity index (χ3v) is 8.14. The van der Waals surface area contributed by atoms with Gasteiger partial charge in [-0.2, -0.15) is 0 Å². The number of fused-ring (bicyclic) bond motifs is 1. The summed E-state index contributed by atoms with van der Waals surface area (Å²) >= 11 is 6.95. The fourth-order valence-electron chi connectivity index (χ4n) is 5.59. The highest BCUT2D eigenvalue weighted by atomic mass is 35.5. The van der Waals surface area contributed by atoms with Gasteiger partial charge in [0.2, 0.25) is 0 Å². The lowest BCUT2D eigenvalue weighted by atomic mass is 9.91. The summed E-state index contributed by atoms with van der Waals surface area (Å²) in [5.41, 5.74) is 3.98. The Hall–Kier alpha value is -3.00. The Labute approximate surface area is 224 Å². The lowest BCUT2D eigenvalue weighted by Crippen LogP contribution is -2.39. The average molecular weight is 547 g/mol. The van der Waals surface area contributed by atoms with Crippen molar-refractivity contribution in [2.45, 2.75) is 57.7 Å². The van der Waals surface area contributed by atoms with E-state index in [9.17, 15) is 22.8 Å². The van der Waals surface area contributed by atoms with Crippen molar-refractivity contribution in [1.82, 2.24) is 9.47 Å². The summed E-state index contributed by atoms with van der Waals surface area (Å²) in [5, 5.41) is 1.23. The molecule has 2 fully saturated rings. The van der Waals surface area contributed by atoms with E-state index in [4.69, 9.17) is 11.6 Å². The van der Waals surface area contributed by atoms with Crippen molar-refractivity contribution in [3.05, 3.63) is 63.8 Å². The highest BCUT2D eigenvalue weighted by Gasteiger charge is 2.32. The summed E-state index contributed by atoms with van der Waals surface area (Å²) in [6, 6.07) is 10.1. The van der Waals surface area contributed by atoms with Crippen molar-refractivity contribution >= 4 is 34.2 Å². The molecule has 1 aromatic heterocycles. The molecule has 0 N–H and O–H groups in total. The Balaban J connectivity index is 1.42. The van der Waals surface area contributed by atoms with E-state index in [1.807, 2.05) is 27.7 Å². The van der Waals surface area contributed by atoms with Gasteiger partial charge in [0.1, 0.15) is 11.5 Å². The molecule has 0 radical (unpaired) electrons. The summed E-state index contributed by atoms with van der Waals surface area (Å²) in [6.07, 6.45) is -0.0338. The van der Waals surface area contributed by atoms with Crippen LogP contribution in [0.15, 0.2) is 36.4 Å². The van der Waals surface area contributed by atoms with Gasteiger partial charge in [0.25, 0.3) is 5.91 Å². The van der Waals surface area contributed by atoms with E-state index >= 15 is 0 Å². The number of hydrogen-bond acceptors (Lipinski definition) is 3. The number of aryl methyl sites for hydroxylation is 1. The second-order valence-corrected chi connectivity index (χ2v) is 10.9. The Morgan fingerprint density at radius 1 is 1.05 bits per heavy atom. The van der Waals surface area contributed by atoms with Gasteiger partial charge in [-0.1, -0.05) is 17.7 Å². The first-order valence-electron chi connectivity index (χ1n) is 12.9. The zero-order valence-electron chi connectivity index (χ0n) is 21.4. The first kappa shape index (κ1) is 26.6. The van der Waals surface area contributed by atoms with E-state index in [1.54, 1.807) is 20.0 Å². The number of hydrogen-bond donors (Lipinski definition) is 0. The number of likely N-dealkylation sites (tertiary alicyclic amines) is 1. The molecule has 2 aliphatic rings. The van der Waals surface area contributed by atoms with Crippen molar-refractivity contribution in [2.75, 3.05) is 13.1 Å². The quantitative estimate of drug-likeness (QED) is 0.320. The lowest BCUT2D eigenvalue weighted by molar-refractivity contribution is -0.274. The molecule has 2 heterocycles. The van der Waals surface area contributed by atoms with Crippen LogP contribution in [0.5, 0.6) is 5.75 Å². The zero-order valence-corrected chi connectivity index (χ0v) is 22.2. The molecule has 5 rings (SSSR count). The van der Waals surface area contributed by atoms with Gasteiger partial charge in [-0.25, -0.2) is 0 Å². The molecule has 1 aliphatic heterocycles. The molecule has 0 unspecified atom stereocenters. The summed E-state index contributed by atoms with van der Waals surface area (Å²) in [5.74, 6) is 0.513. The largest absolute Gasteiger partial charge is 0.573 e. The summed E-state index contributed by atoms with van der Waals surface area (Å²) in [6.45, 7) is 2.79. The maximum Gasteiger partial charge on any atom is 0.573 e. The number of aromatic nitrogens is 1. The molecule has 1 aliphatic carbocycles. The summed E-state index contributed by atoms with van der Waals surface area (Å²) in [7, 11) is 1.81. The predicted molar refractivity (Wildman–Crippen MR) is 140 cm³/mol. The van der Waals surface area contributed by atoms with Crippen LogP contribution in [0.3, 0.4) is 0 Å². The van der Waals surface area contributed by atoms with E-state index in [1.165, 1.54) is 12.1 Å². The maximum atomic E-state index is 13.5. The monoisotopic (exact) mass is 546 g/mol. The van der Waals surface area contributed by atoms with Gasteiger partial charge in [-0.15, -0.1) is 13.2 Å². The molecule has 0 atom stereocenters. The number of rotatable bonds is 7. The standard InChI is InChI=1S/C29H30ClF3N2O3/c1-17(36)13-18-9-11-35(12-10-18)28(37)24-8-7-23(19-3-4-19)25(27(24)30)15-21-14-20-5-6-22(38-29(31,32)33)16-26(20)34(21)2/h5-8,14,16,18-19H,3-4,9-13,15H2,1-2H3. The molecule has 2 aromatic carbocycles. The van der Waals surface area contributed by atoms with Crippen LogP contribution in [0.1, 0.15) is 72.1 Å². The first-order valence-corrected chi connectivity index (χ1v) is 13.3. The number of amides is 1. The van der Waals surface area contributed by atoms with Crippen LogP contribution in [0.2, 0.25) is 5.02 Å². The van der Waals surface area contributed by atoms with Gasteiger partial charge >= 0.3 is 6.36 Å². The van der Waals surface area contributed by atoms with Crippen LogP contribution in [0.4, 0.5) is 13.2 Å². The molecule has 1 saturated heterocycles. The van der Waals surface area contributed by atoms with Crippen LogP contribution in [0.25, 0.3) is 10.9 Å². The van der Waals surface area contributed by atoms with E-state index in [0.717, 1.165) is 47.9 Å². The van der Waals surface area contributed by atoms with E-state index < -0.39 is 6.36 Å². The van der Waals surface area contributed by atoms with Crippen LogP contribution in [-0.2, 0) is 18.3 Å². The topological polar surface area (TPSA) is 51.5 Å². The van der Waals surface area contributed by atoms with Crippen molar-refractivity contribution in [3.8, 4) is 5.75 Å². The molecule has 0 spiro atoms. The van der Waals surface area contributed by atoms with Crippen molar-refractivity contribution in [1.29, 1.82) is 0 Å². The predicted octanol–water partition coefficient (Wildman–Crippen LogP) is 7.03. The molecule has 38 heavy (non-hydrogen) atoms. The molecule has 202 valence electrons. The number of alkyl halides is 3. The molecule has 5 nitrogen and oxygen atoms in total. The highest BCUT2D eigenvalue weighted by molar-refractivity contribution is 6.34. The maximum absolute atomic E-state index is 13.5. The number of carbonyl (C=O) groups excluding carboxylic acids is 2. The molecule has 1 amide bonds. The van der Waals surface area contributed by atoms with Gasteiger partial charge in [0, 0.05) is 50.1 Å². The molecule has 3 aromatic rings. The minimum absolute atomic E-state index is 0.106. The molecule has 0 bridgehead atoms. The number of carbonyl (C=O) groups is 2. The number of ketones is 1. The lowest BCUT2D eigenvalue weighted by Gasteiger charge is -2.32. The fraction of sp³-hybridized carbons (Fsp3) is 0.448. The Bertz CT molecular complexity index is 1390. The molecular weight excluding hydrogens is 517 g/mol. The first-order chi connectivity index (χ1) is 18.0. The van der Waals surface area contributed by atoms with E-state index in [-0.39, 0.29) is 17.4 Å². The third-order valence-electron chi connectivity index (χ3n) is 7.71. The van der Waals surface area contributed by atoms with Crippen LogP contribution < -0.4 is 4.74 Å². The third kappa shape index (κ3) is 5.70. The van der Waals surface area contributed by atoms with Gasteiger partial charge in [-0.3, -0.25) is 4.79 Å². The number of Topliss-reactive ketones (excluding diaryl/α,β-unsaturated/α-hetero) is 1. The van der Waals surface area contributed by atoms with Gasteiger partial charge < -0.3 is 19.0 Å². The SMILES string of the molecule is CC(=O)CC1CCN(C(=O)c2ccc(C3CC3)c(Cc3cc4ccc(OC(F)(F)F)cc4n3C)c2Cl)CC1. The van der Waals surface area contributed by atoms with Crippen molar-refractivity contribution < 1.29 is 27.5 Å². The summed E-state index contributed by atoms with van der Waals surface area (Å²) in [4.78, 5) is 26.8. The zero-order chi connectivity index (χ0) is 27.2. The normalized spacial score (nSPS) is 16.7. The van der Waals surface area contributed by atoms with Crippen LogP contribution in [0, 0.1) is 5.92 Å².